The number of hydrogen-bond acceptors (Lipinski definition) is 9. The topological polar surface area (TPSA) is 169 Å². The van der Waals surface area contributed by atoms with Gasteiger partial charge in [0.2, 0.25) is 21.8 Å². The van der Waals surface area contributed by atoms with Crippen LogP contribution in [-0.2, 0) is 30.6 Å². The van der Waals surface area contributed by atoms with Gasteiger partial charge in [0.05, 0.1) is 33.0 Å². The van der Waals surface area contributed by atoms with Crippen LogP contribution < -0.4 is 25.0 Å². The quantitative estimate of drug-likeness (QED) is 0.204. The van der Waals surface area contributed by atoms with E-state index in [-0.39, 0.29) is 26.9 Å². The number of carbonyl (C=O) groups excluding carboxylic acids is 3. The molecule has 3 aromatic carbocycles. The molecule has 3 heterocycles. The number of para-hydroxylation sites is 1. The molecule has 3 fully saturated rings. The Morgan fingerprint density at radius 1 is 1.02 bits per heavy atom. The number of nitrogens with zero attached hydrogens (tertiary/aromatic N) is 1. The minimum absolute atomic E-state index is 0.119. The van der Waals surface area contributed by atoms with Crippen molar-refractivity contribution < 1.29 is 40.7 Å². The SMILES string of the molecule is NS(=O)(=O)c1ccc(NC(=O)COc2ccc(Br)cc2[C@H]2c3sc(=O)[nH]c3SC3C4CC(C5C(=O)N(c6ccccc6C(F)(F)F)C(=O)C45)C32)cc1. The molecule has 1 aromatic heterocycles. The summed E-state index contributed by atoms with van der Waals surface area (Å²) < 4.78 is 72.0. The van der Waals surface area contributed by atoms with Gasteiger partial charge < -0.3 is 15.0 Å². The Balaban J connectivity index is 1.12. The van der Waals surface area contributed by atoms with Crippen LogP contribution in [0.2, 0.25) is 0 Å². The third-order valence-electron chi connectivity index (χ3n) is 10.3. The number of anilines is 2. The Kier molecular flexibility index (Phi) is 8.48. The molecular weight excluding hydrogens is 809 g/mol. The second-order valence-corrected chi connectivity index (χ2v) is 17.8. The number of thiazole rings is 1. The molecule has 3 amide bonds. The highest BCUT2D eigenvalue weighted by Gasteiger charge is 2.70. The van der Waals surface area contributed by atoms with Gasteiger partial charge in [-0.15, -0.1) is 11.8 Å². The molecule has 4 aliphatic rings. The monoisotopic (exact) mass is 834 g/mol. The number of nitrogens with two attached hydrogens (primary N) is 1. The van der Waals surface area contributed by atoms with Gasteiger partial charge in [0.15, 0.2) is 6.61 Å². The minimum Gasteiger partial charge on any atom is -0.483 e. The maximum absolute atomic E-state index is 14.1. The molecule has 2 aliphatic carbocycles. The van der Waals surface area contributed by atoms with E-state index in [1.165, 1.54) is 48.2 Å². The summed E-state index contributed by atoms with van der Waals surface area (Å²) >= 11 is 5.98. The van der Waals surface area contributed by atoms with Crippen molar-refractivity contribution in [2.45, 2.75) is 33.7 Å². The van der Waals surface area contributed by atoms with Crippen LogP contribution in [0, 0.1) is 29.6 Å². The average Bonchev–Trinajstić information content (AvgIpc) is 3.82. The molecular formula is C34H26BrF3N4O7S3. The van der Waals surface area contributed by atoms with Gasteiger partial charge >= 0.3 is 11.0 Å². The molecule has 2 saturated carbocycles. The number of aromatic nitrogens is 1. The van der Waals surface area contributed by atoms with Gasteiger partial charge in [-0.05, 0) is 78.8 Å². The van der Waals surface area contributed by atoms with Crippen LogP contribution in [0.1, 0.15) is 28.3 Å². The molecule has 2 aliphatic heterocycles. The van der Waals surface area contributed by atoms with Gasteiger partial charge in [0, 0.05) is 31.8 Å². The first-order chi connectivity index (χ1) is 24.6. The molecule has 0 spiro atoms. The fourth-order valence-electron chi connectivity index (χ4n) is 8.47. The van der Waals surface area contributed by atoms with Gasteiger partial charge in [-0.1, -0.05) is 39.4 Å². The maximum Gasteiger partial charge on any atom is 0.418 e. The first-order valence-electron chi connectivity index (χ1n) is 15.9. The van der Waals surface area contributed by atoms with Crippen molar-refractivity contribution in [2.75, 3.05) is 16.8 Å². The second kappa shape index (κ2) is 12.6. The van der Waals surface area contributed by atoms with Gasteiger partial charge in [-0.3, -0.25) is 19.2 Å². The highest BCUT2D eigenvalue weighted by atomic mass is 79.9. The normalized spacial score (nSPS) is 26.2. The van der Waals surface area contributed by atoms with Gasteiger partial charge in [0.1, 0.15) is 5.75 Å². The second-order valence-electron chi connectivity index (χ2n) is 13.1. The fraction of sp³-hybridized carbons (Fsp3) is 0.294. The number of carbonyl (C=O) groups is 3. The number of rotatable bonds is 7. The van der Waals surface area contributed by atoms with E-state index in [2.05, 4.69) is 26.2 Å². The summed E-state index contributed by atoms with van der Waals surface area (Å²) in [5, 5.41) is 8.16. The molecule has 4 N–H and O–H groups in total. The number of amides is 3. The number of ether oxygens (including phenoxy) is 1. The molecule has 7 atom stereocenters. The lowest BCUT2D eigenvalue weighted by Crippen LogP contribution is -2.42. The van der Waals surface area contributed by atoms with Crippen molar-refractivity contribution in [3.63, 3.8) is 0 Å². The summed E-state index contributed by atoms with van der Waals surface area (Å²) in [5.74, 6) is -4.70. The third kappa shape index (κ3) is 5.78. The summed E-state index contributed by atoms with van der Waals surface area (Å²) in [7, 11) is -3.92. The average molecular weight is 836 g/mol. The van der Waals surface area contributed by atoms with Crippen LogP contribution in [0.4, 0.5) is 24.5 Å². The van der Waals surface area contributed by atoms with E-state index in [9.17, 15) is 40.8 Å². The van der Waals surface area contributed by atoms with Crippen LogP contribution in [0.3, 0.4) is 0 Å². The van der Waals surface area contributed by atoms with Crippen LogP contribution in [0.5, 0.6) is 5.75 Å². The Morgan fingerprint density at radius 3 is 2.40 bits per heavy atom. The fourth-order valence-corrected chi connectivity index (χ4v) is 12.2. The number of halogens is 4. The maximum atomic E-state index is 14.1. The Labute approximate surface area is 310 Å². The summed E-state index contributed by atoms with van der Waals surface area (Å²) in [6, 6.07) is 15.1. The van der Waals surface area contributed by atoms with E-state index < -0.39 is 75.5 Å². The lowest BCUT2D eigenvalue weighted by molar-refractivity contribution is -0.137. The van der Waals surface area contributed by atoms with Crippen LogP contribution in [0.25, 0.3) is 0 Å². The van der Waals surface area contributed by atoms with Crippen molar-refractivity contribution in [3.8, 4) is 5.75 Å². The number of sulfonamides is 1. The molecule has 270 valence electrons. The molecule has 0 radical (unpaired) electrons. The van der Waals surface area contributed by atoms with E-state index in [1.54, 1.807) is 12.1 Å². The number of nitrogens with one attached hydrogen (secondary N) is 2. The number of fused-ring (bicyclic) bond motifs is 9. The molecule has 6 unspecified atom stereocenters. The summed E-state index contributed by atoms with van der Waals surface area (Å²) in [6.07, 6.45) is -4.27. The van der Waals surface area contributed by atoms with Crippen molar-refractivity contribution in [1.82, 2.24) is 4.98 Å². The third-order valence-corrected chi connectivity index (χ3v) is 14.3. The first kappa shape index (κ1) is 35.1. The zero-order valence-electron chi connectivity index (χ0n) is 26.4. The largest absolute Gasteiger partial charge is 0.483 e. The van der Waals surface area contributed by atoms with Gasteiger partial charge in [0.25, 0.3) is 5.91 Å². The highest BCUT2D eigenvalue weighted by Crippen LogP contribution is 2.69. The molecule has 2 bridgehead atoms. The van der Waals surface area contributed by atoms with E-state index in [0.717, 1.165) is 28.4 Å². The Hall–Kier alpha value is -3.97. The number of hydrogen-bond donors (Lipinski definition) is 3. The number of thioether (sulfide) groups is 1. The van der Waals surface area contributed by atoms with Crippen LogP contribution in [0.15, 0.2) is 85.9 Å². The molecule has 52 heavy (non-hydrogen) atoms. The Morgan fingerprint density at radius 2 is 1.71 bits per heavy atom. The standard InChI is InChI=1S/C34H26BrF3N4O7S3/c35-14-5-10-22(49-13-23(43)40-15-6-8-16(9-7-15)52(39,47)48)17(11-14)24-25-18-12-19(28(25)50-30-29(24)51-33(46)41-30)27-26(18)31(44)42(32(27)45)21-4-2-1-3-20(21)34(36,37)38/h1-11,18-19,24-28H,12-13H2,(H,40,43)(H,41,46)(H2,39,47,48)/t18?,19?,24-,25?,26?,27?,28?/m1/s1. The predicted molar refractivity (Wildman–Crippen MR) is 189 cm³/mol. The molecule has 4 aromatic rings. The van der Waals surface area contributed by atoms with Gasteiger partial charge in [-0.25, -0.2) is 18.5 Å². The minimum atomic E-state index is -4.78. The van der Waals surface area contributed by atoms with Crippen LogP contribution >= 0.6 is 39.0 Å². The van der Waals surface area contributed by atoms with Crippen molar-refractivity contribution >= 4 is 78.1 Å². The zero-order chi connectivity index (χ0) is 36.9. The number of primary sulfonamides is 1. The molecule has 11 nitrogen and oxygen atoms in total. The first-order valence-corrected chi connectivity index (χ1v) is 19.9. The number of H-pyrrole nitrogens is 1. The molecule has 1 saturated heterocycles. The lowest BCUT2D eigenvalue weighted by atomic mass is 9.68. The lowest BCUT2D eigenvalue weighted by Gasteiger charge is -2.43. The molecule has 8 rings (SSSR count). The molecule has 18 heteroatoms. The van der Waals surface area contributed by atoms with E-state index >= 15 is 0 Å². The summed E-state index contributed by atoms with van der Waals surface area (Å²) in [5.41, 5.74) is -0.596. The smallest absolute Gasteiger partial charge is 0.418 e. The summed E-state index contributed by atoms with van der Waals surface area (Å²) in [4.78, 5) is 57.7. The van der Waals surface area contributed by atoms with E-state index in [4.69, 9.17) is 9.88 Å². The predicted octanol–water partition coefficient (Wildman–Crippen LogP) is 5.56. The summed E-state index contributed by atoms with van der Waals surface area (Å²) in [6.45, 7) is -0.436. The van der Waals surface area contributed by atoms with Crippen molar-refractivity contribution in [2.24, 2.45) is 34.7 Å². The number of benzene rings is 3. The number of imide groups is 1. The Bertz CT molecular complexity index is 2330. The van der Waals surface area contributed by atoms with Crippen LogP contribution in [-0.4, -0.2) is 43.0 Å². The zero-order valence-corrected chi connectivity index (χ0v) is 30.5. The van der Waals surface area contributed by atoms with Crippen molar-refractivity contribution in [1.29, 1.82) is 0 Å². The number of aromatic amines is 1. The van der Waals surface area contributed by atoms with Gasteiger partial charge in [-0.2, -0.15) is 13.2 Å². The van der Waals surface area contributed by atoms with E-state index in [0.29, 0.717) is 37.8 Å². The van der Waals surface area contributed by atoms with Crippen molar-refractivity contribution in [3.05, 3.63) is 96.9 Å². The highest BCUT2D eigenvalue weighted by molar-refractivity contribution is 9.10. The van der Waals surface area contributed by atoms with E-state index in [1.807, 2.05) is 6.07 Å². The number of alkyl halides is 3.